The molecule has 1 nitrogen and oxygen atoms in total. The number of rotatable bonds is 2. The van der Waals surface area contributed by atoms with Crippen molar-refractivity contribution < 1.29 is 4.74 Å². The maximum atomic E-state index is 5.81. The van der Waals surface area contributed by atoms with Crippen LogP contribution in [0.1, 0.15) is 32.1 Å². The number of hydrogen-bond acceptors (Lipinski definition) is 1. The lowest BCUT2D eigenvalue weighted by Gasteiger charge is -2.53. The second kappa shape index (κ2) is 2.98. The van der Waals surface area contributed by atoms with Gasteiger partial charge >= 0.3 is 0 Å². The number of ether oxygens (including phenoxy) is 1. The van der Waals surface area contributed by atoms with Gasteiger partial charge < -0.3 is 4.74 Å². The lowest BCUT2D eigenvalue weighted by molar-refractivity contribution is -0.120. The van der Waals surface area contributed by atoms with Gasteiger partial charge in [0.15, 0.2) is 0 Å². The summed E-state index contributed by atoms with van der Waals surface area (Å²) in [4.78, 5) is 0. The normalized spacial score (nSPS) is 52.8. The van der Waals surface area contributed by atoms with E-state index in [-0.39, 0.29) is 0 Å². The largest absolute Gasteiger partial charge is 0.378 e. The van der Waals surface area contributed by atoms with Crippen molar-refractivity contribution in [1.29, 1.82) is 0 Å². The van der Waals surface area contributed by atoms with Gasteiger partial charge in [-0.3, -0.25) is 0 Å². The van der Waals surface area contributed by atoms with Crippen LogP contribution in [0.15, 0.2) is 0 Å². The summed E-state index contributed by atoms with van der Waals surface area (Å²) < 4.78 is 5.81. The molecular formula is C12H19O. The Balaban J connectivity index is 1.77. The molecular weight excluding hydrogens is 160 g/mol. The van der Waals surface area contributed by atoms with E-state index in [2.05, 4.69) is 6.92 Å². The van der Waals surface area contributed by atoms with Gasteiger partial charge in [-0.05, 0) is 62.7 Å². The summed E-state index contributed by atoms with van der Waals surface area (Å²) in [6.45, 7) is 4.49. The fraction of sp³-hybridized carbons (Fsp3) is 0.917. The summed E-state index contributed by atoms with van der Waals surface area (Å²) in [5.74, 6) is 3.93. The van der Waals surface area contributed by atoms with E-state index in [0.29, 0.717) is 12.7 Å². The summed E-state index contributed by atoms with van der Waals surface area (Å²) in [6, 6.07) is 0. The van der Waals surface area contributed by atoms with Gasteiger partial charge in [-0.25, -0.2) is 0 Å². The van der Waals surface area contributed by atoms with Gasteiger partial charge in [-0.2, -0.15) is 0 Å². The zero-order valence-corrected chi connectivity index (χ0v) is 8.24. The molecule has 4 bridgehead atoms. The lowest BCUT2D eigenvalue weighted by Crippen LogP contribution is -2.49. The van der Waals surface area contributed by atoms with E-state index in [4.69, 9.17) is 4.74 Å². The van der Waals surface area contributed by atoms with E-state index in [1.54, 1.807) is 0 Å². The van der Waals surface area contributed by atoms with Crippen LogP contribution in [0.2, 0.25) is 0 Å². The van der Waals surface area contributed by atoms with Gasteiger partial charge in [0.2, 0.25) is 0 Å². The minimum absolute atomic E-state index is 0.588. The van der Waals surface area contributed by atoms with Crippen molar-refractivity contribution in [3.05, 3.63) is 6.92 Å². The Morgan fingerprint density at radius 1 is 0.923 bits per heavy atom. The molecule has 0 spiro atoms. The van der Waals surface area contributed by atoms with E-state index in [0.717, 1.165) is 23.7 Å². The van der Waals surface area contributed by atoms with Crippen LogP contribution in [0, 0.1) is 30.6 Å². The molecule has 0 unspecified atom stereocenters. The van der Waals surface area contributed by atoms with Crippen molar-refractivity contribution in [3.8, 4) is 0 Å². The Kier molecular flexibility index (Phi) is 1.90. The topological polar surface area (TPSA) is 9.23 Å². The fourth-order valence-electron chi connectivity index (χ4n) is 4.28. The molecule has 4 rings (SSSR count). The van der Waals surface area contributed by atoms with Gasteiger partial charge in [-0.15, -0.1) is 0 Å². The van der Waals surface area contributed by atoms with Crippen molar-refractivity contribution in [1.82, 2.24) is 0 Å². The second-order valence-corrected chi connectivity index (χ2v) is 5.27. The van der Waals surface area contributed by atoms with E-state index in [9.17, 15) is 0 Å². The molecule has 4 saturated carbocycles. The molecule has 0 heterocycles. The van der Waals surface area contributed by atoms with Crippen LogP contribution in [0.4, 0.5) is 0 Å². The molecule has 0 aromatic carbocycles. The van der Waals surface area contributed by atoms with Crippen LogP contribution in [0.25, 0.3) is 0 Å². The monoisotopic (exact) mass is 179 g/mol. The summed E-state index contributed by atoms with van der Waals surface area (Å²) >= 11 is 0. The maximum Gasteiger partial charge on any atom is 0.0631 e. The third kappa shape index (κ3) is 1.24. The van der Waals surface area contributed by atoms with Crippen LogP contribution in [-0.4, -0.2) is 12.7 Å². The first kappa shape index (κ1) is 8.28. The summed E-state index contributed by atoms with van der Waals surface area (Å²) in [7, 11) is 0. The Morgan fingerprint density at radius 3 is 1.92 bits per heavy atom. The van der Waals surface area contributed by atoms with Gasteiger partial charge in [0, 0.05) is 6.61 Å². The Morgan fingerprint density at radius 2 is 1.46 bits per heavy atom. The molecule has 73 valence electrons. The van der Waals surface area contributed by atoms with Crippen LogP contribution in [0.3, 0.4) is 0 Å². The highest BCUT2D eigenvalue weighted by molar-refractivity contribution is 4.98. The van der Waals surface area contributed by atoms with Crippen LogP contribution in [-0.2, 0) is 4.74 Å². The second-order valence-electron chi connectivity index (χ2n) is 5.27. The Bertz CT molecular complexity index is 171. The molecule has 0 atom stereocenters. The quantitative estimate of drug-likeness (QED) is 0.633. The molecule has 1 radical (unpaired) electrons. The highest BCUT2D eigenvalue weighted by atomic mass is 16.5. The molecule has 4 aliphatic carbocycles. The van der Waals surface area contributed by atoms with Crippen molar-refractivity contribution in [2.75, 3.05) is 6.61 Å². The molecule has 0 amide bonds. The first-order valence-electron chi connectivity index (χ1n) is 5.77. The predicted molar refractivity (Wildman–Crippen MR) is 52.1 cm³/mol. The highest BCUT2D eigenvalue weighted by Gasteiger charge is 2.48. The van der Waals surface area contributed by atoms with E-state index in [1.807, 2.05) is 0 Å². The van der Waals surface area contributed by atoms with Crippen LogP contribution >= 0.6 is 0 Å². The molecule has 0 saturated heterocycles. The fourth-order valence-corrected chi connectivity index (χ4v) is 4.28. The summed E-state index contributed by atoms with van der Waals surface area (Å²) in [5, 5.41) is 0. The average molecular weight is 179 g/mol. The van der Waals surface area contributed by atoms with Crippen molar-refractivity contribution >= 4 is 0 Å². The molecule has 13 heavy (non-hydrogen) atoms. The molecule has 0 aliphatic heterocycles. The third-order valence-electron chi connectivity index (χ3n) is 4.45. The minimum Gasteiger partial charge on any atom is -0.378 e. The van der Waals surface area contributed by atoms with Crippen molar-refractivity contribution in [3.63, 3.8) is 0 Å². The SMILES string of the molecule is [CH2]COC1C2CC3CC(C2)CC1C3. The zero-order chi connectivity index (χ0) is 8.84. The average Bonchev–Trinajstić information content (AvgIpc) is 2.10. The molecule has 1 heteroatoms. The standard InChI is InChI=1S/C12H19O/c1-2-13-12-10-4-8-3-9(6-10)7-11(12)5-8/h8-12H,1-7H2. The molecule has 0 aromatic heterocycles. The molecule has 4 aliphatic rings. The minimum atomic E-state index is 0.588. The summed E-state index contributed by atoms with van der Waals surface area (Å²) in [5.41, 5.74) is 0. The molecule has 4 fully saturated rings. The first-order chi connectivity index (χ1) is 6.36. The van der Waals surface area contributed by atoms with E-state index < -0.39 is 0 Å². The highest BCUT2D eigenvalue weighted by Crippen LogP contribution is 2.54. The molecule has 0 N–H and O–H groups in total. The smallest absolute Gasteiger partial charge is 0.0631 e. The van der Waals surface area contributed by atoms with Gasteiger partial charge in [0.05, 0.1) is 6.10 Å². The predicted octanol–water partition coefficient (Wildman–Crippen LogP) is 2.66. The third-order valence-corrected chi connectivity index (χ3v) is 4.45. The lowest BCUT2D eigenvalue weighted by atomic mass is 9.55. The number of hydrogen-bond donors (Lipinski definition) is 0. The van der Waals surface area contributed by atoms with Gasteiger partial charge in [0.25, 0.3) is 0 Å². The van der Waals surface area contributed by atoms with Crippen molar-refractivity contribution in [2.45, 2.75) is 38.2 Å². The van der Waals surface area contributed by atoms with E-state index >= 15 is 0 Å². The Hall–Kier alpha value is -0.0400. The van der Waals surface area contributed by atoms with E-state index in [1.165, 1.54) is 32.1 Å². The first-order valence-corrected chi connectivity index (χ1v) is 5.77. The Labute approximate surface area is 80.8 Å². The summed E-state index contributed by atoms with van der Waals surface area (Å²) in [6.07, 6.45) is 7.94. The zero-order valence-electron chi connectivity index (χ0n) is 8.24. The van der Waals surface area contributed by atoms with Crippen molar-refractivity contribution in [2.24, 2.45) is 23.7 Å². The molecule has 0 aromatic rings. The van der Waals surface area contributed by atoms with Crippen LogP contribution < -0.4 is 0 Å². The maximum absolute atomic E-state index is 5.81. The van der Waals surface area contributed by atoms with Gasteiger partial charge in [-0.1, -0.05) is 0 Å². The van der Waals surface area contributed by atoms with Gasteiger partial charge in [0.1, 0.15) is 0 Å². The van der Waals surface area contributed by atoms with Crippen LogP contribution in [0.5, 0.6) is 0 Å².